The molecule has 0 spiro atoms. The van der Waals surface area contributed by atoms with E-state index >= 15 is 0 Å². The number of anilines is 1. The standard InChI is InChI=1S/C10H15N3O3S2/c1-3-13(4-2)18(15,16)12-10-11-8-9(17-10)6-5-7-14/h8,14H,3-4,7H2,1-2H3,(H,11,12). The highest BCUT2D eigenvalue weighted by Crippen LogP contribution is 2.19. The number of hydrogen-bond donors (Lipinski definition) is 2. The molecule has 1 aromatic heterocycles. The first-order valence-corrected chi connectivity index (χ1v) is 7.62. The van der Waals surface area contributed by atoms with E-state index in [4.69, 9.17) is 5.11 Å². The maximum Gasteiger partial charge on any atom is 0.303 e. The maximum atomic E-state index is 11.9. The zero-order chi connectivity index (χ0) is 13.6. The van der Waals surface area contributed by atoms with Gasteiger partial charge in [-0.1, -0.05) is 37.0 Å². The van der Waals surface area contributed by atoms with E-state index in [0.29, 0.717) is 18.0 Å². The lowest BCUT2D eigenvalue weighted by Crippen LogP contribution is -2.35. The summed E-state index contributed by atoms with van der Waals surface area (Å²) in [6.45, 7) is 4.09. The third-order valence-corrected chi connectivity index (χ3v) is 4.66. The molecule has 0 aliphatic rings. The van der Waals surface area contributed by atoms with Crippen LogP contribution < -0.4 is 4.72 Å². The molecule has 0 amide bonds. The number of nitrogens with one attached hydrogen (secondary N) is 1. The topological polar surface area (TPSA) is 82.5 Å². The van der Waals surface area contributed by atoms with Gasteiger partial charge in [0.15, 0.2) is 5.13 Å². The first kappa shape index (κ1) is 14.9. The third-order valence-electron chi connectivity index (χ3n) is 2.06. The highest BCUT2D eigenvalue weighted by molar-refractivity contribution is 7.90. The minimum atomic E-state index is -3.55. The summed E-state index contributed by atoms with van der Waals surface area (Å²) in [6, 6.07) is 0. The van der Waals surface area contributed by atoms with Crippen molar-refractivity contribution >= 4 is 26.7 Å². The van der Waals surface area contributed by atoms with Crippen LogP contribution in [0.3, 0.4) is 0 Å². The molecule has 0 unspecified atom stereocenters. The van der Waals surface area contributed by atoms with Gasteiger partial charge in [0, 0.05) is 13.1 Å². The van der Waals surface area contributed by atoms with Crippen LogP contribution in [-0.2, 0) is 10.2 Å². The Hall–Kier alpha value is -1.14. The van der Waals surface area contributed by atoms with Gasteiger partial charge in [-0.15, -0.1) is 0 Å². The smallest absolute Gasteiger partial charge is 0.303 e. The van der Waals surface area contributed by atoms with E-state index in [1.165, 1.54) is 10.5 Å². The lowest BCUT2D eigenvalue weighted by Gasteiger charge is -2.17. The van der Waals surface area contributed by atoms with Crippen molar-refractivity contribution in [3.8, 4) is 11.8 Å². The normalized spacial score (nSPS) is 11.1. The van der Waals surface area contributed by atoms with Crippen LogP contribution in [0.4, 0.5) is 5.13 Å². The molecular formula is C10H15N3O3S2. The van der Waals surface area contributed by atoms with Crippen molar-refractivity contribution in [2.75, 3.05) is 24.4 Å². The first-order chi connectivity index (χ1) is 8.53. The largest absolute Gasteiger partial charge is 0.384 e. The molecule has 0 aromatic carbocycles. The van der Waals surface area contributed by atoms with E-state index < -0.39 is 10.2 Å². The van der Waals surface area contributed by atoms with E-state index in [1.54, 1.807) is 13.8 Å². The number of aliphatic hydroxyl groups excluding tert-OH is 1. The van der Waals surface area contributed by atoms with Crippen molar-refractivity contribution in [3.63, 3.8) is 0 Å². The van der Waals surface area contributed by atoms with Crippen LogP contribution in [0, 0.1) is 11.8 Å². The Kier molecular flexibility index (Phi) is 5.55. The molecule has 2 N–H and O–H groups in total. The fraction of sp³-hybridized carbons (Fsp3) is 0.500. The molecule has 6 nitrogen and oxygen atoms in total. The van der Waals surface area contributed by atoms with Gasteiger partial charge in [0.2, 0.25) is 0 Å². The van der Waals surface area contributed by atoms with Gasteiger partial charge in [0.1, 0.15) is 6.61 Å². The maximum absolute atomic E-state index is 11.9. The number of hydrogen-bond acceptors (Lipinski definition) is 5. The summed E-state index contributed by atoms with van der Waals surface area (Å²) in [5, 5.41) is 8.82. The monoisotopic (exact) mass is 289 g/mol. The second-order valence-electron chi connectivity index (χ2n) is 3.18. The second-order valence-corrected chi connectivity index (χ2v) is 5.88. The molecule has 1 rings (SSSR count). The predicted octanol–water partition coefficient (Wildman–Crippen LogP) is 0.485. The van der Waals surface area contributed by atoms with Crippen molar-refractivity contribution in [3.05, 3.63) is 11.1 Å². The minimum Gasteiger partial charge on any atom is -0.384 e. The Balaban J connectivity index is 2.82. The van der Waals surface area contributed by atoms with Crippen molar-refractivity contribution in [1.29, 1.82) is 0 Å². The lowest BCUT2D eigenvalue weighted by molar-refractivity contribution is 0.350. The Morgan fingerprint density at radius 3 is 2.72 bits per heavy atom. The van der Waals surface area contributed by atoms with Crippen LogP contribution in [0.2, 0.25) is 0 Å². The summed E-state index contributed by atoms with van der Waals surface area (Å²) in [7, 11) is -3.55. The molecule has 8 heteroatoms. The molecule has 0 saturated heterocycles. The molecular weight excluding hydrogens is 274 g/mol. The van der Waals surface area contributed by atoms with Gasteiger partial charge in [-0.3, -0.25) is 0 Å². The molecule has 0 saturated carbocycles. The Morgan fingerprint density at radius 1 is 1.50 bits per heavy atom. The average Bonchev–Trinajstić information content (AvgIpc) is 2.74. The molecule has 0 radical (unpaired) electrons. The molecule has 100 valence electrons. The van der Waals surface area contributed by atoms with Crippen LogP contribution >= 0.6 is 11.3 Å². The molecule has 0 bridgehead atoms. The number of thiazole rings is 1. The molecule has 0 fully saturated rings. The number of rotatable bonds is 5. The lowest BCUT2D eigenvalue weighted by atomic mass is 10.5. The zero-order valence-corrected chi connectivity index (χ0v) is 11.8. The Morgan fingerprint density at radius 2 is 2.17 bits per heavy atom. The van der Waals surface area contributed by atoms with E-state index in [9.17, 15) is 8.42 Å². The summed E-state index contributed by atoms with van der Waals surface area (Å²) < 4.78 is 27.5. The quantitative estimate of drug-likeness (QED) is 0.773. The number of aromatic nitrogens is 1. The summed E-state index contributed by atoms with van der Waals surface area (Å²) in [5.41, 5.74) is 0. The first-order valence-electron chi connectivity index (χ1n) is 5.37. The van der Waals surface area contributed by atoms with Crippen LogP contribution in [-0.4, -0.2) is 42.5 Å². The number of aliphatic hydroxyl groups is 1. The van der Waals surface area contributed by atoms with Crippen molar-refractivity contribution in [2.45, 2.75) is 13.8 Å². The predicted molar refractivity (Wildman–Crippen MR) is 71.5 cm³/mol. The van der Waals surface area contributed by atoms with Gasteiger partial charge in [0.25, 0.3) is 0 Å². The SMILES string of the molecule is CCN(CC)S(=O)(=O)Nc1ncc(C#CCO)s1. The third kappa shape index (κ3) is 3.96. The van der Waals surface area contributed by atoms with Crippen LogP contribution in [0.1, 0.15) is 18.7 Å². The van der Waals surface area contributed by atoms with Crippen molar-refractivity contribution in [2.24, 2.45) is 0 Å². The summed E-state index contributed by atoms with van der Waals surface area (Å²) in [6.07, 6.45) is 1.47. The second kappa shape index (κ2) is 6.70. The van der Waals surface area contributed by atoms with Crippen molar-refractivity contribution in [1.82, 2.24) is 9.29 Å². The van der Waals surface area contributed by atoms with Gasteiger partial charge >= 0.3 is 10.2 Å². The summed E-state index contributed by atoms with van der Waals surface area (Å²) in [4.78, 5) is 4.52. The van der Waals surface area contributed by atoms with Crippen molar-refractivity contribution < 1.29 is 13.5 Å². The van der Waals surface area contributed by atoms with Gasteiger partial charge in [-0.25, -0.2) is 9.71 Å². The van der Waals surface area contributed by atoms with E-state index in [0.717, 1.165) is 11.3 Å². The summed E-state index contributed by atoms with van der Waals surface area (Å²) in [5.74, 6) is 5.14. The molecule has 18 heavy (non-hydrogen) atoms. The van der Waals surface area contributed by atoms with Gasteiger partial charge < -0.3 is 5.11 Å². The fourth-order valence-electron chi connectivity index (χ4n) is 1.24. The Labute approximate surface area is 111 Å². The van der Waals surface area contributed by atoms with Crippen LogP contribution in [0.5, 0.6) is 0 Å². The van der Waals surface area contributed by atoms with E-state index in [2.05, 4.69) is 21.5 Å². The number of nitrogens with zero attached hydrogens (tertiary/aromatic N) is 2. The molecule has 0 aliphatic carbocycles. The van der Waals surface area contributed by atoms with E-state index in [-0.39, 0.29) is 11.7 Å². The summed E-state index contributed by atoms with van der Waals surface area (Å²) >= 11 is 1.13. The molecule has 1 heterocycles. The molecule has 1 aromatic rings. The minimum absolute atomic E-state index is 0.238. The highest BCUT2D eigenvalue weighted by atomic mass is 32.2. The fourth-order valence-corrected chi connectivity index (χ4v) is 3.35. The van der Waals surface area contributed by atoms with Gasteiger partial charge in [-0.2, -0.15) is 12.7 Å². The zero-order valence-electron chi connectivity index (χ0n) is 10.2. The van der Waals surface area contributed by atoms with Gasteiger partial charge in [-0.05, 0) is 0 Å². The van der Waals surface area contributed by atoms with Gasteiger partial charge in [0.05, 0.1) is 11.1 Å². The van der Waals surface area contributed by atoms with E-state index in [1.807, 2.05) is 0 Å². The van der Waals surface area contributed by atoms with Crippen LogP contribution in [0.25, 0.3) is 0 Å². The average molecular weight is 289 g/mol. The van der Waals surface area contributed by atoms with Crippen LogP contribution in [0.15, 0.2) is 6.20 Å². The molecule has 0 atom stereocenters. The Bertz CT molecular complexity index is 538. The molecule has 0 aliphatic heterocycles. The highest BCUT2D eigenvalue weighted by Gasteiger charge is 2.19.